The van der Waals surface area contributed by atoms with E-state index in [0.717, 1.165) is 5.56 Å². The van der Waals surface area contributed by atoms with E-state index in [1.54, 1.807) is 12.1 Å². The average molecular weight is 298 g/mol. The Morgan fingerprint density at radius 2 is 2.15 bits per heavy atom. The molecule has 5 nitrogen and oxygen atoms in total. The van der Waals surface area contributed by atoms with Crippen molar-refractivity contribution in [3.63, 3.8) is 0 Å². The molecule has 0 aromatic heterocycles. The van der Waals surface area contributed by atoms with Crippen molar-refractivity contribution >= 4 is 15.7 Å². The van der Waals surface area contributed by atoms with E-state index < -0.39 is 16.1 Å². The molecule has 0 radical (unpaired) electrons. The van der Waals surface area contributed by atoms with E-state index in [9.17, 15) is 13.5 Å². The summed E-state index contributed by atoms with van der Waals surface area (Å²) in [5, 5.41) is 9.74. The quantitative estimate of drug-likeness (QED) is 0.822. The molecular formula is C14H22N2O3S. The number of nitrogens with zero attached hydrogens (tertiary/aromatic N) is 1. The summed E-state index contributed by atoms with van der Waals surface area (Å²) in [6.07, 6.45) is 0.693. The molecule has 1 aliphatic rings. The standard InChI is InChI=1S/C14H22N2O3S/c1-3-11-4-5-12(15)8-14(11)20(18,19)16-7-6-13(17)10(2)9-16/h4-5,8,10,13,17H,3,6-7,9,15H2,1-2H3. The maximum Gasteiger partial charge on any atom is 0.243 e. The van der Waals surface area contributed by atoms with E-state index in [1.165, 1.54) is 10.4 Å². The molecule has 2 atom stereocenters. The van der Waals surface area contributed by atoms with Crippen LogP contribution in [0.15, 0.2) is 23.1 Å². The Morgan fingerprint density at radius 3 is 2.75 bits per heavy atom. The third kappa shape index (κ3) is 2.82. The molecular weight excluding hydrogens is 276 g/mol. The van der Waals surface area contributed by atoms with Crippen LogP contribution in [0.2, 0.25) is 0 Å². The second kappa shape index (κ2) is 5.71. The van der Waals surface area contributed by atoms with Gasteiger partial charge in [0, 0.05) is 18.8 Å². The van der Waals surface area contributed by atoms with Gasteiger partial charge in [-0.05, 0) is 36.5 Å². The summed E-state index contributed by atoms with van der Waals surface area (Å²) < 4.78 is 27.0. The van der Waals surface area contributed by atoms with Crippen molar-refractivity contribution in [1.82, 2.24) is 4.31 Å². The first-order valence-electron chi connectivity index (χ1n) is 6.93. The lowest BCUT2D eigenvalue weighted by atomic mass is 9.99. The van der Waals surface area contributed by atoms with Gasteiger partial charge in [0.15, 0.2) is 0 Å². The van der Waals surface area contributed by atoms with Crippen molar-refractivity contribution in [1.29, 1.82) is 0 Å². The lowest BCUT2D eigenvalue weighted by Gasteiger charge is -2.33. The van der Waals surface area contributed by atoms with Crippen LogP contribution in [0, 0.1) is 5.92 Å². The summed E-state index contributed by atoms with van der Waals surface area (Å²) in [5.74, 6) is -0.0512. The largest absolute Gasteiger partial charge is 0.399 e. The molecule has 112 valence electrons. The molecule has 0 bridgehead atoms. The number of benzene rings is 1. The Balaban J connectivity index is 2.38. The number of piperidine rings is 1. The fourth-order valence-electron chi connectivity index (χ4n) is 2.56. The number of hydrogen-bond donors (Lipinski definition) is 2. The molecule has 1 aromatic carbocycles. The highest BCUT2D eigenvalue weighted by molar-refractivity contribution is 7.89. The first-order chi connectivity index (χ1) is 9.36. The first-order valence-corrected chi connectivity index (χ1v) is 8.37. The Bertz CT molecular complexity index is 586. The summed E-state index contributed by atoms with van der Waals surface area (Å²) in [6, 6.07) is 5.02. The van der Waals surface area contributed by atoms with Gasteiger partial charge in [-0.25, -0.2) is 8.42 Å². The van der Waals surface area contributed by atoms with Crippen molar-refractivity contribution < 1.29 is 13.5 Å². The van der Waals surface area contributed by atoms with Crippen molar-refractivity contribution in [3.05, 3.63) is 23.8 Å². The highest BCUT2D eigenvalue weighted by atomic mass is 32.2. The summed E-state index contributed by atoms with van der Waals surface area (Å²) in [4.78, 5) is 0.295. The highest BCUT2D eigenvalue weighted by Gasteiger charge is 2.33. The summed E-state index contributed by atoms with van der Waals surface area (Å²) in [6.45, 7) is 4.49. The van der Waals surface area contributed by atoms with Gasteiger partial charge in [-0.2, -0.15) is 4.31 Å². The van der Waals surface area contributed by atoms with Crippen LogP contribution in [0.25, 0.3) is 0 Å². The topological polar surface area (TPSA) is 83.6 Å². The first kappa shape index (κ1) is 15.3. The van der Waals surface area contributed by atoms with Crippen LogP contribution < -0.4 is 5.73 Å². The molecule has 1 fully saturated rings. The van der Waals surface area contributed by atoms with E-state index in [-0.39, 0.29) is 5.92 Å². The third-order valence-corrected chi connectivity index (χ3v) is 5.86. The molecule has 0 aliphatic carbocycles. The van der Waals surface area contributed by atoms with Gasteiger partial charge < -0.3 is 10.8 Å². The number of aliphatic hydroxyl groups is 1. The van der Waals surface area contributed by atoms with Gasteiger partial charge >= 0.3 is 0 Å². The number of aliphatic hydroxyl groups excluding tert-OH is 1. The predicted octanol–water partition coefficient (Wildman–Crippen LogP) is 1.22. The highest BCUT2D eigenvalue weighted by Crippen LogP contribution is 2.27. The van der Waals surface area contributed by atoms with Crippen LogP contribution in [-0.2, 0) is 16.4 Å². The Morgan fingerprint density at radius 1 is 1.45 bits per heavy atom. The van der Waals surface area contributed by atoms with Gasteiger partial charge in [0.25, 0.3) is 0 Å². The lowest BCUT2D eigenvalue weighted by Crippen LogP contribution is -2.45. The molecule has 2 unspecified atom stereocenters. The van der Waals surface area contributed by atoms with E-state index in [1.807, 2.05) is 13.8 Å². The molecule has 1 aromatic rings. The van der Waals surface area contributed by atoms with Gasteiger partial charge in [-0.15, -0.1) is 0 Å². The fourth-order valence-corrected chi connectivity index (χ4v) is 4.44. The summed E-state index contributed by atoms with van der Waals surface area (Å²) >= 11 is 0. The zero-order valence-corrected chi connectivity index (χ0v) is 12.7. The van der Waals surface area contributed by atoms with Crippen LogP contribution in [0.1, 0.15) is 25.8 Å². The van der Waals surface area contributed by atoms with Gasteiger partial charge in [0.2, 0.25) is 10.0 Å². The normalized spacial score (nSPS) is 24.8. The monoisotopic (exact) mass is 298 g/mol. The summed E-state index contributed by atoms with van der Waals surface area (Å²) in [5.41, 5.74) is 6.96. The minimum atomic E-state index is -3.54. The molecule has 1 aliphatic heterocycles. The van der Waals surface area contributed by atoms with Crippen LogP contribution in [0.5, 0.6) is 0 Å². The van der Waals surface area contributed by atoms with E-state index in [0.29, 0.717) is 36.5 Å². The molecule has 2 rings (SSSR count). The van der Waals surface area contributed by atoms with Crippen molar-refractivity contribution in [3.8, 4) is 0 Å². The Kier molecular flexibility index (Phi) is 4.36. The number of sulfonamides is 1. The SMILES string of the molecule is CCc1ccc(N)cc1S(=O)(=O)N1CCC(O)C(C)C1. The Labute approximate surface area is 120 Å². The van der Waals surface area contributed by atoms with E-state index >= 15 is 0 Å². The number of nitrogens with two attached hydrogens (primary N) is 1. The molecule has 3 N–H and O–H groups in total. The lowest BCUT2D eigenvalue weighted by molar-refractivity contribution is 0.0628. The van der Waals surface area contributed by atoms with Crippen LogP contribution in [0.3, 0.4) is 0 Å². The molecule has 6 heteroatoms. The zero-order valence-electron chi connectivity index (χ0n) is 11.9. The summed E-state index contributed by atoms with van der Waals surface area (Å²) in [7, 11) is -3.54. The maximum absolute atomic E-state index is 12.8. The third-order valence-electron chi connectivity index (χ3n) is 3.91. The van der Waals surface area contributed by atoms with Crippen LogP contribution in [-0.4, -0.2) is 37.0 Å². The smallest absolute Gasteiger partial charge is 0.243 e. The number of aryl methyl sites for hydroxylation is 1. The molecule has 1 heterocycles. The van der Waals surface area contributed by atoms with Gasteiger partial charge in [0.05, 0.1) is 11.0 Å². The Hall–Kier alpha value is -1.11. The molecule has 0 amide bonds. The number of hydrogen-bond acceptors (Lipinski definition) is 4. The fraction of sp³-hybridized carbons (Fsp3) is 0.571. The van der Waals surface area contributed by atoms with Gasteiger partial charge in [-0.3, -0.25) is 0 Å². The number of nitrogen functional groups attached to an aromatic ring is 1. The number of anilines is 1. The molecule has 1 saturated heterocycles. The number of rotatable bonds is 3. The van der Waals surface area contributed by atoms with Crippen molar-refractivity contribution in [2.45, 2.75) is 37.7 Å². The predicted molar refractivity (Wildman–Crippen MR) is 78.8 cm³/mol. The molecule has 20 heavy (non-hydrogen) atoms. The van der Waals surface area contributed by atoms with Crippen molar-refractivity contribution in [2.75, 3.05) is 18.8 Å². The molecule has 0 saturated carbocycles. The second-order valence-electron chi connectivity index (χ2n) is 5.42. The van der Waals surface area contributed by atoms with Crippen LogP contribution in [0.4, 0.5) is 5.69 Å². The minimum absolute atomic E-state index is 0.0512. The minimum Gasteiger partial charge on any atom is -0.399 e. The van der Waals surface area contributed by atoms with E-state index in [2.05, 4.69) is 0 Å². The molecule has 0 spiro atoms. The van der Waals surface area contributed by atoms with Crippen LogP contribution >= 0.6 is 0 Å². The maximum atomic E-state index is 12.8. The zero-order chi connectivity index (χ0) is 14.9. The van der Waals surface area contributed by atoms with Crippen molar-refractivity contribution in [2.24, 2.45) is 5.92 Å². The average Bonchev–Trinajstić information content (AvgIpc) is 2.41. The second-order valence-corrected chi connectivity index (χ2v) is 7.32. The van der Waals surface area contributed by atoms with Gasteiger partial charge in [0.1, 0.15) is 0 Å². The van der Waals surface area contributed by atoms with Gasteiger partial charge in [-0.1, -0.05) is 19.9 Å². The van der Waals surface area contributed by atoms with E-state index in [4.69, 9.17) is 5.73 Å².